The number of carbonyl (C=O) groups is 2. The fraction of sp³-hybridized carbons (Fsp3) is 0.333. The molecule has 1 aliphatic rings. The molecule has 0 atom stereocenters. The molecule has 1 aromatic carbocycles. The number of rotatable bonds is 3. The fourth-order valence-corrected chi connectivity index (χ4v) is 2.07. The van der Waals surface area contributed by atoms with Crippen LogP contribution in [0.25, 0.3) is 0 Å². The highest BCUT2D eigenvalue weighted by molar-refractivity contribution is 6.28. The highest BCUT2D eigenvalue weighted by Crippen LogP contribution is 2.35. The molecule has 3 heteroatoms. The number of hydrogen-bond donors (Lipinski definition) is 0. The van der Waals surface area contributed by atoms with E-state index in [9.17, 15) is 9.59 Å². The molecule has 1 heterocycles. The van der Waals surface area contributed by atoms with Crippen molar-refractivity contribution in [2.45, 2.75) is 32.6 Å². The molecular formula is C15H17NO2. The van der Waals surface area contributed by atoms with E-state index in [0.717, 1.165) is 12.0 Å². The number of benzene rings is 1. The molecule has 0 bridgehead atoms. The Balaban J connectivity index is 2.53. The van der Waals surface area contributed by atoms with Gasteiger partial charge in [0.1, 0.15) is 0 Å². The molecule has 1 aromatic rings. The summed E-state index contributed by atoms with van der Waals surface area (Å²) >= 11 is 0. The number of imide groups is 1. The van der Waals surface area contributed by atoms with Crippen LogP contribution in [0, 0.1) is 0 Å². The summed E-state index contributed by atoms with van der Waals surface area (Å²) < 4.78 is 0. The van der Waals surface area contributed by atoms with E-state index < -0.39 is 0 Å². The van der Waals surface area contributed by atoms with Crippen LogP contribution in [0.5, 0.6) is 0 Å². The maximum atomic E-state index is 11.8. The van der Waals surface area contributed by atoms with E-state index in [1.54, 1.807) is 0 Å². The average Bonchev–Trinajstić information content (AvgIpc) is 2.69. The van der Waals surface area contributed by atoms with Crippen LogP contribution in [0.1, 0.15) is 32.8 Å². The molecule has 3 nitrogen and oxygen atoms in total. The van der Waals surface area contributed by atoms with E-state index in [2.05, 4.69) is 20.8 Å². The van der Waals surface area contributed by atoms with E-state index in [-0.39, 0.29) is 17.2 Å². The molecule has 0 saturated carbocycles. The van der Waals surface area contributed by atoms with Gasteiger partial charge in [0.05, 0.1) is 5.69 Å². The van der Waals surface area contributed by atoms with E-state index >= 15 is 0 Å². The first-order valence-electron chi connectivity index (χ1n) is 6.13. The van der Waals surface area contributed by atoms with Gasteiger partial charge in [-0.3, -0.25) is 9.59 Å². The van der Waals surface area contributed by atoms with Crippen LogP contribution >= 0.6 is 0 Å². The summed E-state index contributed by atoms with van der Waals surface area (Å²) in [7, 11) is 0. The molecule has 0 radical (unpaired) electrons. The zero-order chi connectivity index (χ0) is 13.3. The van der Waals surface area contributed by atoms with Crippen molar-refractivity contribution >= 4 is 17.5 Å². The summed E-state index contributed by atoms with van der Waals surface area (Å²) in [5.74, 6) is -0.529. The Labute approximate surface area is 107 Å². The van der Waals surface area contributed by atoms with Gasteiger partial charge in [0.15, 0.2) is 0 Å². The molecule has 2 amide bonds. The van der Waals surface area contributed by atoms with Crippen LogP contribution in [0.2, 0.25) is 0 Å². The van der Waals surface area contributed by atoms with Gasteiger partial charge in [-0.1, -0.05) is 39.0 Å². The van der Waals surface area contributed by atoms with Crippen molar-refractivity contribution in [3.05, 3.63) is 42.0 Å². The fourth-order valence-electron chi connectivity index (χ4n) is 2.07. The van der Waals surface area contributed by atoms with Gasteiger partial charge < -0.3 is 0 Å². The molecule has 0 aromatic heterocycles. The standard InChI is InChI=1S/C15H17NO2/c1-4-15(2,3)11-7-5-6-8-12(11)16-13(17)9-10-14(16)18/h5-10H,4H2,1-3H3. The average molecular weight is 243 g/mol. The zero-order valence-electron chi connectivity index (χ0n) is 10.9. The van der Waals surface area contributed by atoms with Crippen LogP contribution in [0.15, 0.2) is 36.4 Å². The van der Waals surface area contributed by atoms with Crippen LogP contribution in [-0.2, 0) is 15.0 Å². The van der Waals surface area contributed by atoms with Crippen molar-refractivity contribution in [2.24, 2.45) is 0 Å². The normalized spacial score (nSPS) is 15.6. The van der Waals surface area contributed by atoms with Gasteiger partial charge in [-0.25, -0.2) is 4.90 Å². The molecule has 2 rings (SSSR count). The largest absolute Gasteiger partial charge is 0.269 e. The Bertz CT molecular complexity index is 511. The highest BCUT2D eigenvalue weighted by Gasteiger charge is 2.30. The van der Waals surface area contributed by atoms with Gasteiger partial charge in [0.2, 0.25) is 0 Å². The van der Waals surface area contributed by atoms with E-state index in [0.29, 0.717) is 5.69 Å². The molecule has 0 spiro atoms. The van der Waals surface area contributed by atoms with E-state index in [4.69, 9.17) is 0 Å². The van der Waals surface area contributed by atoms with Crippen molar-refractivity contribution in [3.8, 4) is 0 Å². The quantitative estimate of drug-likeness (QED) is 0.765. The lowest BCUT2D eigenvalue weighted by Gasteiger charge is -2.28. The topological polar surface area (TPSA) is 37.4 Å². The summed E-state index contributed by atoms with van der Waals surface area (Å²) in [5, 5.41) is 0. The molecule has 0 aliphatic carbocycles. The molecule has 0 saturated heterocycles. The minimum absolute atomic E-state index is 0.0697. The predicted octanol–water partition coefficient (Wildman–Crippen LogP) is 2.80. The predicted molar refractivity (Wildman–Crippen MR) is 71.4 cm³/mol. The first-order valence-corrected chi connectivity index (χ1v) is 6.13. The van der Waals surface area contributed by atoms with Crippen molar-refractivity contribution in [1.29, 1.82) is 0 Å². The smallest absolute Gasteiger partial charge is 0.258 e. The Hall–Kier alpha value is -1.90. The molecule has 94 valence electrons. The Morgan fingerprint density at radius 1 is 1.06 bits per heavy atom. The Kier molecular flexibility index (Phi) is 3.07. The SMILES string of the molecule is CCC(C)(C)c1ccccc1N1C(=O)C=CC1=O. The van der Waals surface area contributed by atoms with Crippen LogP contribution < -0.4 is 4.90 Å². The lowest BCUT2D eigenvalue weighted by molar-refractivity contribution is -0.120. The van der Waals surface area contributed by atoms with Crippen LogP contribution in [-0.4, -0.2) is 11.8 Å². The summed E-state index contributed by atoms with van der Waals surface area (Å²) in [5.41, 5.74) is 1.65. The van der Waals surface area contributed by atoms with Crippen LogP contribution in [0.3, 0.4) is 0 Å². The lowest BCUT2D eigenvalue weighted by atomic mass is 9.81. The molecule has 0 N–H and O–H groups in total. The van der Waals surface area contributed by atoms with Crippen molar-refractivity contribution in [3.63, 3.8) is 0 Å². The van der Waals surface area contributed by atoms with Gasteiger partial charge in [-0.05, 0) is 23.5 Å². The Morgan fingerprint density at radius 2 is 1.61 bits per heavy atom. The van der Waals surface area contributed by atoms with Crippen molar-refractivity contribution in [2.75, 3.05) is 4.90 Å². The van der Waals surface area contributed by atoms with Gasteiger partial charge in [-0.2, -0.15) is 0 Å². The third-order valence-corrected chi connectivity index (χ3v) is 3.57. The number of para-hydroxylation sites is 1. The van der Waals surface area contributed by atoms with E-state index in [1.807, 2.05) is 24.3 Å². The second-order valence-electron chi connectivity index (χ2n) is 5.10. The maximum absolute atomic E-state index is 11.8. The van der Waals surface area contributed by atoms with Crippen molar-refractivity contribution < 1.29 is 9.59 Å². The zero-order valence-corrected chi connectivity index (χ0v) is 10.9. The second kappa shape index (κ2) is 4.41. The third-order valence-electron chi connectivity index (χ3n) is 3.57. The molecule has 0 fully saturated rings. The molecule has 18 heavy (non-hydrogen) atoms. The summed E-state index contributed by atoms with van der Waals surface area (Å²) in [6.07, 6.45) is 3.57. The van der Waals surface area contributed by atoms with Crippen molar-refractivity contribution in [1.82, 2.24) is 0 Å². The number of nitrogens with zero attached hydrogens (tertiary/aromatic N) is 1. The van der Waals surface area contributed by atoms with Crippen LogP contribution in [0.4, 0.5) is 5.69 Å². The minimum Gasteiger partial charge on any atom is -0.269 e. The lowest BCUT2D eigenvalue weighted by Crippen LogP contribution is -2.32. The Morgan fingerprint density at radius 3 is 2.17 bits per heavy atom. The van der Waals surface area contributed by atoms with Gasteiger partial charge >= 0.3 is 0 Å². The van der Waals surface area contributed by atoms with Gasteiger partial charge in [0.25, 0.3) is 11.8 Å². The molecule has 0 unspecified atom stereocenters. The summed E-state index contributed by atoms with van der Waals surface area (Å²) in [6, 6.07) is 7.60. The minimum atomic E-state index is -0.264. The first kappa shape index (κ1) is 12.6. The third kappa shape index (κ3) is 1.96. The first-order chi connectivity index (χ1) is 8.47. The number of anilines is 1. The number of amides is 2. The summed E-state index contributed by atoms with van der Waals surface area (Å²) in [4.78, 5) is 24.8. The summed E-state index contributed by atoms with van der Waals surface area (Å²) in [6.45, 7) is 6.33. The molecular weight excluding hydrogens is 226 g/mol. The monoisotopic (exact) mass is 243 g/mol. The molecule has 1 aliphatic heterocycles. The number of hydrogen-bond acceptors (Lipinski definition) is 2. The maximum Gasteiger partial charge on any atom is 0.258 e. The van der Waals surface area contributed by atoms with Gasteiger partial charge in [-0.15, -0.1) is 0 Å². The van der Waals surface area contributed by atoms with Gasteiger partial charge in [0, 0.05) is 12.2 Å². The number of carbonyl (C=O) groups excluding carboxylic acids is 2. The van der Waals surface area contributed by atoms with E-state index in [1.165, 1.54) is 17.1 Å². The second-order valence-corrected chi connectivity index (χ2v) is 5.10. The highest BCUT2D eigenvalue weighted by atomic mass is 16.2.